The molecule has 1 rings (SSSR count). The molecule has 1 aromatic rings. The number of aryl methyl sites for hydroxylation is 2. The number of carbonyl (C=O) groups is 1. The minimum absolute atomic E-state index is 0.0764. The number of rotatable bonds is 5. The van der Waals surface area contributed by atoms with Crippen molar-refractivity contribution in [2.45, 2.75) is 73.5 Å². The smallest absolute Gasteiger partial charge is 0.261 e. The first-order chi connectivity index (χ1) is 9.89. The van der Waals surface area contributed by atoms with Crippen molar-refractivity contribution in [2.75, 3.05) is 0 Å². The van der Waals surface area contributed by atoms with E-state index in [0.29, 0.717) is 0 Å². The summed E-state index contributed by atoms with van der Waals surface area (Å²) in [6, 6.07) is 5.89. The van der Waals surface area contributed by atoms with E-state index in [1.54, 1.807) is 6.92 Å². The second-order valence-electron chi connectivity index (χ2n) is 8.12. The topological polar surface area (TPSA) is 38.3 Å². The van der Waals surface area contributed by atoms with Gasteiger partial charge in [0.2, 0.25) is 0 Å². The number of carbonyl (C=O) groups excluding carboxylic acids is 1. The lowest BCUT2D eigenvalue weighted by Gasteiger charge is -2.34. The Balaban J connectivity index is 2.67. The summed E-state index contributed by atoms with van der Waals surface area (Å²) in [6.45, 7) is 16.5. The average Bonchev–Trinajstić information content (AvgIpc) is 2.30. The zero-order valence-corrected chi connectivity index (χ0v) is 15.3. The minimum atomic E-state index is -0.513. The van der Waals surface area contributed by atoms with E-state index in [1.165, 1.54) is 5.56 Å². The van der Waals surface area contributed by atoms with Crippen LogP contribution in [0.3, 0.4) is 0 Å². The maximum absolute atomic E-state index is 12.4. The van der Waals surface area contributed by atoms with Gasteiger partial charge in [-0.2, -0.15) is 0 Å². The number of nitrogens with one attached hydrogen (secondary N) is 1. The van der Waals surface area contributed by atoms with Gasteiger partial charge in [-0.05, 0) is 69.7 Å². The molecule has 124 valence electrons. The van der Waals surface area contributed by atoms with Crippen molar-refractivity contribution in [1.82, 2.24) is 5.32 Å². The van der Waals surface area contributed by atoms with Crippen LogP contribution in [0.1, 0.15) is 59.1 Å². The quantitative estimate of drug-likeness (QED) is 0.875. The highest BCUT2D eigenvalue weighted by Crippen LogP contribution is 2.27. The Morgan fingerprint density at radius 2 is 1.73 bits per heavy atom. The van der Waals surface area contributed by atoms with E-state index in [2.05, 4.69) is 46.9 Å². The fourth-order valence-corrected chi connectivity index (χ4v) is 2.85. The predicted octanol–water partition coefficient (Wildman–Crippen LogP) is 4.40. The van der Waals surface area contributed by atoms with Crippen LogP contribution in [0.25, 0.3) is 0 Å². The summed E-state index contributed by atoms with van der Waals surface area (Å²) in [6.07, 6.45) is 0.392. The van der Waals surface area contributed by atoms with Gasteiger partial charge in [0.25, 0.3) is 5.91 Å². The van der Waals surface area contributed by atoms with Crippen LogP contribution in [0, 0.1) is 19.3 Å². The molecule has 22 heavy (non-hydrogen) atoms. The normalized spacial score (nSPS) is 13.6. The van der Waals surface area contributed by atoms with Gasteiger partial charge < -0.3 is 10.1 Å². The predicted molar refractivity (Wildman–Crippen MR) is 92.3 cm³/mol. The molecule has 0 bridgehead atoms. The number of amides is 1. The minimum Gasteiger partial charge on any atom is -0.481 e. The number of hydrogen-bond donors (Lipinski definition) is 1. The van der Waals surface area contributed by atoms with Crippen molar-refractivity contribution in [3.05, 3.63) is 29.3 Å². The highest BCUT2D eigenvalue weighted by atomic mass is 16.5. The zero-order valence-electron chi connectivity index (χ0n) is 15.3. The summed E-state index contributed by atoms with van der Waals surface area (Å²) in [5.74, 6) is 0.659. The number of ether oxygens (including phenoxy) is 1. The molecule has 0 aromatic heterocycles. The van der Waals surface area contributed by atoms with E-state index in [0.717, 1.165) is 17.7 Å². The molecule has 0 aliphatic heterocycles. The molecule has 1 aromatic carbocycles. The fraction of sp³-hybridized carbons (Fsp3) is 0.632. The van der Waals surface area contributed by atoms with Crippen molar-refractivity contribution >= 4 is 5.91 Å². The number of hydrogen-bond acceptors (Lipinski definition) is 2. The van der Waals surface area contributed by atoms with Gasteiger partial charge in [-0.1, -0.05) is 26.8 Å². The molecule has 1 unspecified atom stereocenters. The Morgan fingerprint density at radius 3 is 2.23 bits per heavy atom. The zero-order chi connectivity index (χ0) is 17.1. The van der Waals surface area contributed by atoms with E-state index in [-0.39, 0.29) is 16.9 Å². The molecule has 0 spiro atoms. The van der Waals surface area contributed by atoms with E-state index < -0.39 is 6.10 Å². The van der Waals surface area contributed by atoms with Gasteiger partial charge >= 0.3 is 0 Å². The highest BCUT2D eigenvalue weighted by molar-refractivity contribution is 5.81. The molecule has 3 nitrogen and oxygen atoms in total. The van der Waals surface area contributed by atoms with Crippen LogP contribution in [0.5, 0.6) is 5.75 Å². The lowest BCUT2D eigenvalue weighted by molar-refractivity contribution is -0.129. The molecular formula is C19H31NO2. The molecule has 0 heterocycles. The Labute approximate surface area is 135 Å². The maximum Gasteiger partial charge on any atom is 0.261 e. The van der Waals surface area contributed by atoms with Crippen molar-refractivity contribution in [2.24, 2.45) is 5.41 Å². The highest BCUT2D eigenvalue weighted by Gasteiger charge is 2.29. The maximum atomic E-state index is 12.4. The van der Waals surface area contributed by atoms with Crippen molar-refractivity contribution in [3.8, 4) is 5.75 Å². The van der Waals surface area contributed by atoms with Gasteiger partial charge in [-0.3, -0.25) is 4.79 Å². The van der Waals surface area contributed by atoms with Crippen LogP contribution < -0.4 is 10.1 Å². The average molecular weight is 305 g/mol. The lowest BCUT2D eigenvalue weighted by atomic mass is 9.81. The van der Waals surface area contributed by atoms with E-state index >= 15 is 0 Å². The Bertz CT molecular complexity index is 527. The first-order valence-corrected chi connectivity index (χ1v) is 7.96. The first kappa shape index (κ1) is 18.5. The molecule has 0 fully saturated rings. The molecule has 0 saturated heterocycles. The summed E-state index contributed by atoms with van der Waals surface area (Å²) in [4.78, 5) is 12.4. The molecule has 1 N–H and O–H groups in total. The Hall–Kier alpha value is -1.51. The van der Waals surface area contributed by atoms with Crippen LogP contribution in [0.4, 0.5) is 0 Å². The van der Waals surface area contributed by atoms with E-state index in [4.69, 9.17) is 4.74 Å². The molecular weight excluding hydrogens is 274 g/mol. The molecule has 0 aliphatic carbocycles. The van der Waals surface area contributed by atoms with Gasteiger partial charge in [0.15, 0.2) is 6.10 Å². The third-order valence-corrected chi connectivity index (χ3v) is 3.59. The number of benzene rings is 1. The van der Waals surface area contributed by atoms with Gasteiger partial charge in [-0.15, -0.1) is 0 Å². The monoisotopic (exact) mass is 305 g/mol. The van der Waals surface area contributed by atoms with Crippen molar-refractivity contribution in [1.29, 1.82) is 0 Å². The fourth-order valence-electron chi connectivity index (χ4n) is 2.85. The summed E-state index contributed by atoms with van der Waals surface area (Å²) >= 11 is 0. The van der Waals surface area contributed by atoms with Crippen molar-refractivity contribution in [3.63, 3.8) is 0 Å². The summed E-state index contributed by atoms with van der Waals surface area (Å²) in [5, 5.41) is 3.09. The molecule has 1 atom stereocenters. The van der Waals surface area contributed by atoms with Crippen molar-refractivity contribution < 1.29 is 9.53 Å². The second kappa shape index (κ2) is 6.72. The second-order valence-corrected chi connectivity index (χ2v) is 8.12. The van der Waals surface area contributed by atoms with Crippen LogP contribution in [0.2, 0.25) is 0 Å². The van der Waals surface area contributed by atoms with E-state index in [1.807, 2.05) is 25.1 Å². The lowest BCUT2D eigenvalue weighted by Crippen LogP contribution is -2.50. The Morgan fingerprint density at radius 1 is 1.14 bits per heavy atom. The summed E-state index contributed by atoms with van der Waals surface area (Å²) in [5.41, 5.74) is 2.29. The van der Waals surface area contributed by atoms with Gasteiger partial charge in [0.05, 0.1) is 0 Å². The van der Waals surface area contributed by atoms with Crippen LogP contribution in [0.15, 0.2) is 18.2 Å². The van der Waals surface area contributed by atoms with E-state index in [9.17, 15) is 4.79 Å². The summed E-state index contributed by atoms with van der Waals surface area (Å²) in [7, 11) is 0. The van der Waals surface area contributed by atoms with Gasteiger partial charge in [0, 0.05) is 5.54 Å². The molecule has 0 saturated carbocycles. The first-order valence-electron chi connectivity index (χ1n) is 7.96. The molecule has 0 aliphatic rings. The van der Waals surface area contributed by atoms with Gasteiger partial charge in [-0.25, -0.2) is 0 Å². The third kappa shape index (κ3) is 6.08. The largest absolute Gasteiger partial charge is 0.481 e. The van der Waals surface area contributed by atoms with Crippen LogP contribution in [-0.2, 0) is 4.79 Å². The standard InChI is InChI=1S/C19H31NO2/c1-13-9-10-16(11-14(13)2)22-15(3)17(21)20-19(7,8)12-18(4,5)6/h9-11,15H,12H2,1-8H3,(H,20,21). The SMILES string of the molecule is Cc1ccc(OC(C)C(=O)NC(C)(C)CC(C)(C)C)cc1C. The van der Waals surface area contributed by atoms with Crippen LogP contribution >= 0.6 is 0 Å². The molecule has 3 heteroatoms. The van der Waals surface area contributed by atoms with Gasteiger partial charge in [0.1, 0.15) is 5.75 Å². The third-order valence-electron chi connectivity index (χ3n) is 3.59. The molecule has 0 radical (unpaired) electrons. The molecule has 1 amide bonds. The summed E-state index contributed by atoms with van der Waals surface area (Å²) < 4.78 is 5.78. The Kier molecular flexibility index (Phi) is 5.66. The van der Waals surface area contributed by atoms with Crippen LogP contribution in [-0.4, -0.2) is 17.6 Å².